The topological polar surface area (TPSA) is 65.7 Å². The summed E-state index contributed by atoms with van der Waals surface area (Å²) in [6.07, 6.45) is 6.51. The van der Waals surface area contributed by atoms with Crippen LogP contribution in [0.1, 0.15) is 38.2 Å². The Balaban J connectivity index is 1.55. The largest absolute Gasteiger partial charge is 0.496 e. The minimum absolute atomic E-state index is 0.196. The van der Waals surface area contributed by atoms with Crippen molar-refractivity contribution in [3.8, 4) is 22.9 Å². The number of rotatable bonds is 9. The van der Waals surface area contributed by atoms with Gasteiger partial charge in [0.05, 0.1) is 18.2 Å². The second-order valence-corrected chi connectivity index (χ2v) is 9.29. The van der Waals surface area contributed by atoms with E-state index in [1.54, 1.807) is 13.2 Å². The molecule has 0 radical (unpaired) electrons. The molecule has 0 bridgehead atoms. The molecule has 4 aromatic rings. The van der Waals surface area contributed by atoms with Crippen molar-refractivity contribution in [3.63, 3.8) is 0 Å². The number of thiazole rings is 1. The number of benzene rings is 2. The van der Waals surface area contributed by atoms with Gasteiger partial charge in [-0.15, -0.1) is 5.10 Å². The minimum Gasteiger partial charge on any atom is -0.496 e. The standard InChI is InChI=1S/C24H24BrN3O3S/c1-3-4-5-6-13-31-19-10-7-16(8-11-19)22-26-24-28(27-22)23(29)21(32-24)15-17-14-18(25)9-12-20(17)30-2/h7-12,14-15H,3-6,13H2,1-2H3. The maximum atomic E-state index is 12.9. The van der Waals surface area contributed by atoms with Crippen molar-refractivity contribution in [2.75, 3.05) is 13.7 Å². The highest BCUT2D eigenvalue weighted by Gasteiger charge is 2.13. The van der Waals surface area contributed by atoms with Gasteiger partial charge in [-0.2, -0.15) is 9.50 Å². The van der Waals surface area contributed by atoms with Crippen molar-refractivity contribution in [2.45, 2.75) is 32.6 Å². The lowest BCUT2D eigenvalue weighted by Crippen LogP contribution is -2.23. The molecule has 0 saturated carbocycles. The van der Waals surface area contributed by atoms with Crippen LogP contribution in [0.25, 0.3) is 22.4 Å². The molecule has 0 saturated heterocycles. The number of fused-ring (bicyclic) bond motifs is 1. The van der Waals surface area contributed by atoms with E-state index in [-0.39, 0.29) is 5.56 Å². The molecule has 0 unspecified atom stereocenters. The lowest BCUT2D eigenvalue weighted by atomic mass is 10.2. The minimum atomic E-state index is -0.196. The summed E-state index contributed by atoms with van der Waals surface area (Å²) in [5.74, 6) is 2.05. The number of ether oxygens (including phenoxy) is 2. The molecular weight excluding hydrogens is 490 g/mol. The van der Waals surface area contributed by atoms with Gasteiger partial charge >= 0.3 is 0 Å². The second kappa shape index (κ2) is 10.3. The van der Waals surface area contributed by atoms with Gasteiger partial charge in [0.1, 0.15) is 11.5 Å². The van der Waals surface area contributed by atoms with Crippen LogP contribution in [-0.4, -0.2) is 28.3 Å². The SMILES string of the molecule is CCCCCCOc1ccc(-c2nc3sc(=Cc4cc(Br)ccc4OC)c(=O)n3n2)cc1. The summed E-state index contributed by atoms with van der Waals surface area (Å²) in [6.45, 7) is 2.92. The predicted octanol–water partition coefficient (Wildman–Crippen LogP) is 5.10. The summed E-state index contributed by atoms with van der Waals surface area (Å²) < 4.78 is 14.0. The first-order valence-corrected chi connectivity index (χ1v) is 12.2. The Labute approximate surface area is 198 Å². The number of methoxy groups -OCH3 is 1. The van der Waals surface area contributed by atoms with Crippen molar-refractivity contribution in [1.29, 1.82) is 0 Å². The maximum Gasteiger partial charge on any atom is 0.291 e. The van der Waals surface area contributed by atoms with Crippen molar-refractivity contribution in [1.82, 2.24) is 14.6 Å². The zero-order valence-electron chi connectivity index (χ0n) is 18.0. The number of halogens is 1. The van der Waals surface area contributed by atoms with Crippen LogP contribution in [0.2, 0.25) is 0 Å². The molecule has 0 fully saturated rings. The summed E-state index contributed by atoms with van der Waals surface area (Å²) in [6, 6.07) is 13.3. The van der Waals surface area contributed by atoms with Crippen molar-refractivity contribution in [2.24, 2.45) is 0 Å². The normalized spacial score (nSPS) is 11.9. The average Bonchev–Trinajstić information content (AvgIpc) is 3.34. The van der Waals surface area contributed by atoms with E-state index in [4.69, 9.17) is 9.47 Å². The molecule has 32 heavy (non-hydrogen) atoms. The van der Waals surface area contributed by atoms with Crippen LogP contribution in [0.4, 0.5) is 0 Å². The Bertz CT molecular complexity index is 1320. The van der Waals surface area contributed by atoms with Gasteiger partial charge in [-0.25, -0.2) is 0 Å². The summed E-state index contributed by atoms with van der Waals surface area (Å²) in [5.41, 5.74) is 1.46. The predicted molar refractivity (Wildman–Crippen MR) is 132 cm³/mol. The highest BCUT2D eigenvalue weighted by molar-refractivity contribution is 9.10. The third kappa shape index (κ3) is 5.02. The lowest BCUT2D eigenvalue weighted by molar-refractivity contribution is 0.305. The van der Waals surface area contributed by atoms with E-state index in [0.717, 1.165) is 34.4 Å². The van der Waals surface area contributed by atoms with E-state index in [0.29, 0.717) is 21.1 Å². The fourth-order valence-electron chi connectivity index (χ4n) is 3.33. The molecule has 0 N–H and O–H groups in total. The van der Waals surface area contributed by atoms with Crippen LogP contribution in [0.15, 0.2) is 51.7 Å². The summed E-state index contributed by atoms with van der Waals surface area (Å²) in [7, 11) is 1.61. The molecule has 0 atom stereocenters. The molecule has 0 aliphatic heterocycles. The Morgan fingerprint density at radius 2 is 1.94 bits per heavy atom. The molecule has 4 rings (SSSR count). The van der Waals surface area contributed by atoms with Gasteiger partial charge < -0.3 is 9.47 Å². The molecule has 8 heteroatoms. The molecule has 0 amide bonds. The number of hydrogen-bond donors (Lipinski definition) is 0. The third-order valence-corrected chi connectivity index (χ3v) is 6.49. The molecule has 0 aliphatic rings. The quantitative estimate of drug-likeness (QED) is 0.291. The molecule has 2 aromatic carbocycles. The Morgan fingerprint density at radius 1 is 1.12 bits per heavy atom. The molecule has 166 valence electrons. The lowest BCUT2D eigenvalue weighted by Gasteiger charge is -2.06. The van der Waals surface area contributed by atoms with Crippen molar-refractivity contribution < 1.29 is 9.47 Å². The number of unbranched alkanes of at least 4 members (excludes halogenated alkanes) is 3. The average molecular weight is 514 g/mol. The first-order valence-electron chi connectivity index (χ1n) is 10.6. The Kier molecular flexibility index (Phi) is 7.22. The maximum absolute atomic E-state index is 12.9. The summed E-state index contributed by atoms with van der Waals surface area (Å²) >= 11 is 4.77. The van der Waals surface area contributed by atoms with E-state index in [9.17, 15) is 4.79 Å². The van der Waals surface area contributed by atoms with Crippen molar-refractivity contribution >= 4 is 38.3 Å². The van der Waals surface area contributed by atoms with Gasteiger partial charge in [-0.1, -0.05) is 53.5 Å². The fourth-order valence-corrected chi connectivity index (χ4v) is 4.61. The fraction of sp³-hybridized carbons (Fsp3) is 0.292. The number of nitrogens with zero attached hydrogens (tertiary/aromatic N) is 3. The molecule has 0 spiro atoms. The van der Waals surface area contributed by atoms with Crippen molar-refractivity contribution in [3.05, 3.63) is 67.4 Å². The monoisotopic (exact) mass is 513 g/mol. The van der Waals surface area contributed by atoms with E-state index < -0.39 is 0 Å². The molecule has 2 aromatic heterocycles. The molecule has 6 nitrogen and oxygen atoms in total. The summed E-state index contributed by atoms with van der Waals surface area (Å²) in [5, 5.41) is 4.43. The zero-order valence-corrected chi connectivity index (χ0v) is 20.4. The van der Waals surface area contributed by atoms with E-state index in [2.05, 4.69) is 32.9 Å². The van der Waals surface area contributed by atoms with Crippen LogP contribution in [0.3, 0.4) is 0 Å². The summed E-state index contributed by atoms with van der Waals surface area (Å²) in [4.78, 5) is 18.0. The van der Waals surface area contributed by atoms with Gasteiger partial charge in [0.2, 0.25) is 4.96 Å². The second-order valence-electron chi connectivity index (χ2n) is 7.37. The zero-order chi connectivity index (χ0) is 22.5. The molecule has 2 heterocycles. The molecular formula is C24H24BrN3O3S. The van der Waals surface area contributed by atoms with E-state index in [1.807, 2.05) is 42.5 Å². The molecule has 0 aliphatic carbocycles. The van der Waals surface area contributed by atoms with Gasteiger partial charge in [0.15, 0.2) is 5.82 Å². The van der Waals surface area contributed by atoms with Crippen LogP contribution in [-0.2, 0) is 0 Å². The van der Waals surface area contributed by atoms with Crippen LogP contribution in [0, 0.1) is 0 Å². The first-order chi connectivity index (χ1) is 15.6. The number of hydrogen-bond acceptors (Lipinski definition) is 6. The van der Waals surface area contributed by atoms with E-state index in [1.165, 1.54) is 35.1 Å². The van der Waals surface area contributed by atoms with Crippen LogP contribution >= 0.6 is 27.3 Å². The van der Waals surface area contributed by atoms with Gasteiger partial charge in [-0.3, -0.25) is 4.79 Å². The Hall–Kier alpha value is -2.71. The third-order valence-electron chi connectivity index (χ3n) is 5.04. The van der Waals surface area contributed by atoms with Crippen LogP contribution < -0.4 is 19.6 Å². The van der Waals surface area contributed by atoms with Gasteiger partial charge in [-0.05, 0) is 55.0 Å². The van der Waals surface area contributed by atoms with Gasteiger partial charge in [0.25, 0.3) is 5.56 Å². The first kappa shape index (κ1) is 22.5. The highest BCUT2D eigenvalue weighted by Crippen LogP contribution is 2.24. The highest BCUT2D eigenvalue weighted by atomic mass is 79.9. The Morgan fingerprint density at radius 3 is 2.66 bits per heavy atom. The number of aromatic nitrogens is 3. The van der Waals surface area contributed by atoms with E-state index >= 15 is 0 Å². The van der Waals surface area contributed by atoms with Gasteiger partial charge in [0, 0.05) is 15.6 Å². The smallest absolute Gasteiger partial charge is 0.291 e. The van der Waals surface area contributed by atoms with Crippen LogP contribution in [0.5, 0.6) is 11.5 Å².